The summed E-state index contributed by atoms with van der Waals surface area (Å²) in [6, 6.07) is 0. The maximum Gasteiger partial charge on any atom is -0.0355 e. The molecule has 3 rings (SSSR count). The summed E-state index contributed by atoms with van der Waals surface area (Å²) in [6.07, 6.45) is 11.1. The van der Waals surface area contributed by atoms with E-state index >= 15 is 0 Å². The first kappa shape index (κ1) is 6.51. The van der Waals surface area contributed by atoms with Gasteiger partial charge in [0.05, 0.1) is 0 Å². The Kier molecular flexibility index (Phi) is 1.33. The third kappa shape index (κ3) is 0.816. The average molecular weight is 150 g/mol. The van der Waals surface area contributed by atoms with Crippen LogP contribution in [0.4, 0.5) is 0 Å². The maximum absolute atomic E-state index is 1.62. The number of rotatable bonds is 0. The van der Waals surface area contributed by atoms with Crippen molar-refractivity contribution in [2.24, 2.45) is 23.7 Å². The average Bonchev–Trinajstić information content (AvgIpc) is 2.31. The van der Waals surface area contributed by atoms with E-state index in [9.17, 15) is 0 Å². The first-order valence-corrected chi connectivity index (χ1v) is 5.45. The second-order valence-corrected chi connectivity index (χ2v) is 4.95. The van der Waals surface area contributed by atoms with E-state index in [2.05, 4.69) is 0 Å². The number of hydrogen-bond donors (Lipinski definition) is 0. The van der Waals surface area contributed by atoms with Crippen LogP contribution in [-0.2, 0) is 0 Å². The van der Waals surface area contributed by atoms with Crippen LogP contribution in [0.15, 0.2) is 0 Å². The summed E-state index contributed by atoms with van der Waals surface area (Å²) in [5, 5.41) is 0. The summed E-state index contributed by atoms with van der Waals surface area (Å²) in [6.45, 7) is 0. The van der Waals surface area contributed by atoms with Crippen molar-refractivity contribution in [2.75, 3.05) is 0 Å². The molecule has 4 unspecified atom stereocenters. The summed E-state index contributed by atoms with van der Waals surface area (Å²) in [5.41, 5.74) is 0. The van der Waals surface area contributed by atoms with Gasteiger partial charge in [-0.25, -0.2) is 0 Å². The lowest BCUT2D eigenvalue weighted by Gasteiger charge is -2.34. The molecule has 0 aromatic heterocycles. The Morgan fingerprint density at radius 3 is 1.73 bits per heavy atom. The van der Waals surface area contributed by atoms with Crippen LogP contribution in [0.25, 0.3) is 0 Å². The van der Waals surface area contributed by atoms with Gasteiger partial charge in [0.15, 0.2) is 0 Å². The van der Waals surface area contributed by atoms with Crippen LogP contribution in [0, 0.1) is 23.7 Å². The number of hydrogen-bond acceptors (Lipinski definition) is 0. The molecule has 0 heteroatoms. The molecule has 11 heavy (non-hydrogen) atoms. The van der Waals surface area contributed by atoms with Crippen LogP contribution in [-0.4, -0.2) is 0 Å². The lowest BCUT2D eigenvalue weighted by molar-refractivity contribution is 0.158. The van der Waals surface area contributed by atoms with Gasteiger partial charge in [-0.1, -0.05) is 25.7 Å². The third-order valence-corrected chi connectivity index (χ3v) is 4.59. The van der Waals surface area contributed by atoms with Gasteiger partial charge in [-0.3, -0.25) is 0 Å². The van der Waals surface area contributed by atoms with Gasteiger partial charge in [0.2, 0.25) is 0 Å². The molecule has 4 atom stereocenters. The van der Waals surface area contributed by atoms with Crippen LogP contribution in [0.2, 0.25) is 0 Å². The zero-order chi connectivity index (χ0) is 7.26. The molecule has 3 aliphatic rings. The Morgan fingerprint density at radius 2 is 1.18 bits per heavy atom. The van der Waals surface area contributed by atoms with Crippen molar-refractivity contribution in [3.8, 4) is 0 Å². The zero-order valence-electron chi connectivity index (χ0n) is 7.26. The van der Waals surface area contributed by atoms with Crippen LogP contribution >= 0.6 is 0 Å². The van der Waals surface area contributed by atoms with Gasteiger partial charge in [0.1, 0.15) is 0 Å². The van der Waals surface area contributed by atoms with Crippen molar-refractivity contribution in [1.82, 2.24) is 0 Å². The van der Waals surface area contributed by atoms with Crippen molar-refractivity contribution in [1.29, 1.82) is 0 Å². The minimum absolute atomic E-state index is 1.18. The van der Waals surface area contributed by atoms with E-state index in [1.165, 1.54) is 23.7 Å². The van der Waals surface area contributed by atoms with Crippen molar-refractivity contribution >= 4 is 0 Å². The van der Waals surface area contributed by atoms with Gasteiger partial charge in [-0.2, -0.15) is 0 Å². The topological polar surface area (TPSA) is 0 Å². The Labute approximate surface area is 69.4 Å². The van der Waals surface area contributed by atoms with Crippen molar-refractivity contribution in [3.05, 3.63) is 0 Å². The van der Waals surface area contributed by atoms with E-state index in [0.29, 0.717) is 0 Å². The Hall–Kier alpha value is 0. The molecule has 0 N–H and O–H groups in total. The minimum Gasteiger partial charge on any atom is -0.0527 e. The monoisotopic (exact) mass is 150 g/mol. The van der Waals surface area contributed by atoms with Crippen LogP contribution < -0.4 is 0 Å². The Bertz CT molecular complexity index is 143. The van der Waals surface area contributed by atoms with Gasteiger partial charge in [0.25, 0.3) is 0 Å². The van der Waals surface area contributed by atoms with E-state index in [4.69, 9.17) is 0 Å². The standard InChI is InChI=1S/C11H18/c1-3-8-7-9-4-2-6-11(8)10(9)5-1/h8-11H,1-7H2. The van der Waals surface area contributed by atoms with Crippen molar-refractivity contribution < 1.29 is 0 Å². The summed E-state index contributed by atoms with van der Waals surface area (Å²) < 4.78 is 0. The SMILES string of the molecule is C1CC2CC3CCCC2C3C1. The fourth-order valence-corrected chi connectivity index (χ4v) is 4.23. The fourth-order valence-electron chi connectivity index (χ4n) is 4.23. The molecule has 0 amide bonds. The lowest BCUT2D eigenvalue weighted by Crippen LogP contribution is -2.25. The normalized spacial score (nSPS) is 54.5. The Balaban J connectivity index is 1.91. The second-order valence-electron chi connectivity index (χ2n) is 4.95. The molecule has 0 spiro atoms. The Morgan fingerprint density at radius 1 is 0.636 bits per heavy atom. The molecule has 3 fully saturated rings. The largest absolute Gasteiger partial charge is 0.0527 e. The quantitative estimate of drug-likeness (QED) is 0.497. The van der Waals surface area contributed by atoms with Crippen molar-refractivity contribution in [2.45, 2.75) is 44.9 Å². The van der Waals surface area contributed by atoms with Gasteiger partial charge in [-0.15, -0.1) is 0 Å². The molecule has 0 aromatic carbocycles. The van der Waals surface area contributed by atoms with Gasteiger partial charge in [0, 0.05) is 0 Å². The summed E-state index contributed by atoms with van der Waals surface area (Å²) >= 11 is 0. The molecular weight excluding hydrogens is 132 g/mol. The highest BCUT2D eigenvalue weighted by Gasteiger charge is 2.46. The molecule has 0 nitrogen and oxygen atoms in total. The molecule has 0 aromatic rings. The van der Waals surface area contributed by atoms with E-state index < -0.39 is 0 Å². The summed E-state index contributed by atoms with van der Waals surface area (Å²) in [7, 11) is 0. The highest BCUT2D eigenvalue weighted by Crippen LogP contribution is 2.56. The lowest BCUT2D eigenvalue weighted by atomic mass is 9.71. The van der Waals surface area contributed by atoms with Crippen LogP contribution in [0.5, 0.6) is 0 Å². The molecule has 0 saturated heterocycles. The van der Waals surface area contributed by atoms with E-state index in [0.717, 1.165) is 0 Å². The highest BCUT2D eigenvalue weighted by atomic mass is 14.5. The summed E-state index contributed by atoms with van der Waals surface area (Å²) in [4.78, 5) is 0. The summed E-state index contributed by atoms with van der Waals surface area (Å²) in [5.74, 6) is 4.76. The molecule has 0 radical (unpaired) electrons. The van der Waals surface area contributed by atoms with Crippen LogP contribution in [0.1, 0.15) is 44.9 Å². The predicted octanol–water partition coefficient (Wildman–Crippen LogP) is 3.22. The van der Waals surface area contributed by atoms with E-state index in [1.54, 1.807) is 44.9 Å². The zero-order valence-corrected chi connectivity index (χ0v) is 7.26. The molecule has 3 saturated carbocycles. The van der Waals surface area contributed by atoms with Gasteiger partial charge >= 0.3 is 0 Å². The molecule has 62 valence electrons. The molecule has 0 heterocycles. The maximum atomic E-state index is 1.62. The van der Waals surface area contributed by atoms with Crippen molar-refractivity contribution in [3.63, 3.8) is 0 Å². The second kappa shape index (κ2) is 2.24. The van der Waals surface area contributed by atoms with Crippen LogP contribution in [0.3, 0.4) is 0 Å². The molecular formula is C11H18. The first-order chi connectivity index (χ1) is 5.45. The highest BCUT2D eigenvalue weighted by molar-refractivity contribution is 4.96. The smallest absolute Gasteiger partial charge is 0.0355 e. The minimum atomic E-state index is 1.18. The van der Waals surface area contributed by atoms with Gasteiger partial charge < -0.3 is 0 Å². The molecule has 3 aliphatic carbocycles. The molecule has 4 bridgehead atoms. The third-order valence-electron chi connectivity index (χ3n) is 4.59. The van der Waals surface area contributed by atoms with E-state index in [1.807, 2.05) is 0 Å². The fraction of sp³-hybridized carbons (Fsp3) is 1.00. The predicted molar refractivity (Wildman–Crippen MR) is 46.3 cm³/mol. The van der Waals surface area contributed by atoms with Gasteiger partial charge in [-0.05, 0) is 42.9 Å². The van der Waals surface area contributed by atoms with E-state index in [-0.39, 0.29) is 0 Å². The molecule has 0 aliphatic heterocycles. The first-order valence-electron chi connectivity index (χ1n) is 5.45.